The Balaban J connectivity index is 1.86. The maximum atomic E-state index is 4.46. The zero-order chi connectivity index (χ0) is 13.9. The molecule has 3 rings (SSSR count). The second kappa shape index (κ2) is 6.02. The van der Waals surface area contributed by atoms with Crippen molar-refractivity contribution in [2.75, 3.05) is 6.54 Å². The van der Waals surface area contributed by atoms with Crippen LogP contribution in [-0.4, -0.2) is 21.3 Å². The molecule has 20 heavy (non-hydrogen) atoms. The Morgan fingerprint density at radius 1 is 1.40 bits per heavy atom. The number of aromatic nitrogens is 2. The summed E-state index contributed by atoms with van der Waals surface area (Å²) in [4.78, 5) is 4.46. The van der Waals surface area contributed by atoms with E-state index in [0.717, 1.165) is 11.7 Å². The van der Waals surface area contributed by atoms with Crippen molar-refractivity contribution in [3.8, 4) is 0 Å². The second-order valence-electron chi connectivity index (χ2n) is 5.25. The first-order valence-electron chi connectivity index (χ1n) is 7.24. The average Bonchev–Trinajstić information content (AvgIpc) is 2.87. The lowest BCUT2D eigenvalue weighted by molar-refractivity contribution is 0.483. The second-order valence-corrected chi connectivity index (χ2v) is 6.46. The number of hydrogen-bond acceptors (Lipinski definition) is 3. The van der Waals surface area contributed by atoms with E-state index in [0.29, 0.717) is 11.3 Å². The van der Waals surface area contributed by atoms with Crippen LogP contribution >= 0.6 is 11.8 Å². The van der Waals surface area contributed by atoms with Crippen molar-refractivity contribution in [1.29, 1.82) is 0 Å². The molecule has 106 valence electrons. The van der Waals surface area contributed by atoms with Crippen molar-refractivity contribution in [2.24, 2.45) is 7.05 Å². The van der Waals surface area contributed by atoms with Crippen molar-refractivity contribution in [2.45, 2.75) is 36.2 Å². The number of fused-ring (bicyclic) bond motifs is 1. The molecule has 1 aliphatic carbocycles. The first kappa shape index (κ1) is 13.7. The summed E-state index contributed by atoms with van der Waals surface area (Å²) >= 11 is 1.90. The third kappa shape index (κ3) is 2.63. The fourth-order valence-corrected chi connectivity index (χ4v) is 4.15. The van der Waals surface area contributed by atoms with Gasteiger partial charge in [0, 0.05) is 30.7 Å². The average molecular weight is 287 g/mol. The molecule has 0 amide bonds. The first-order chi connectivity index (χ1) is 9.79. The maximum absolute atomic E-state index is 4.46. The van der Waals surface area contributed by atoms with E-state index >= 15 is 0 Å². The van der Waals surface area contributed by atoms with Gasteiger partial charge in [0.15, 0.2) is 5.16 Å². The Hall–Kier alpha value is -1.26. The van der Waals surface area contributed by atoms with E-state index in [1.165, 1.54) is 24.0 Å². The monoisotopic (exact) mass is 287 g/mol. The molecule has 1 aromatic carbocycles. The van der Waals surface area contributed by atoms with Crippen LogP contribution in [0.15, 0.2) is 41.8 Å². The Morgan fingerprint density at radius 2 is 2.25 bits per heavy atom. The highest BCUT2D eigenvalue weighted by Gasteiger charge is 2.30. The van der Waals surface area contributed by atoms with Crippen LogP contribution in [0.3, 0.4) is 0 Å². The minimum atomic E-state index is 0.423. The number of nitrogens with zero attached hydrogens (tertiary/aromatic N) is 2. The molecule has 0 radical (unpaired) electrons. The minimum absolute atomic E-state index is 0.423. The Labute approximate surface area is 124 Å². The summed E-state index contributed by atoms with van der Waals surface area (Å²) in [6.45, 7) is 3.18. The molecular formula is C16H21N3S. The third-order valence-electron chi connectivity index (χ3n) is 3.92. The summed E-state index contributed by atoms with van der Waals surface area (Å²) in [6, 6.07) is 9.26. The number of thioether (sulfide) groups is 1. The van der Waals surface area contributed by atoms with Crippen molar-refractivity contribution < 1.29 is 0 Å². The van der Waals surface area contributed by atoms with Crippen LogP contribution in [-0.2, 0) is 13.5 Å². The molecular weight excluding hydrogens is 266 g/mol. The number of hydrogen-bond donors (Lipinski definition) is 1. The standard InChI is InChI=1S/C16H21N3S/c1-3-17-15-13-7-5-4-6-12(13)8-9-14(15)20-16-18-10-11-19(16)2/h4-7,10-11,14-15,17H,3,8-9H2,1-2H3. The van der Waals surface area contributed by atoms with Crippen LogP contribution in [0.2, 0.25) is 0 Å². The van der Waals surface area contributed by atoms with Crippen molar-refractivity contribution >= 4 is 11.8 Å². The molecule has 1 N–H and O–H groups in total. The van der Waals surface area contributed by atoms with E-state index in [9.17, 15) is 0 Å². The predicted molar refractivity (Wildman–Crippen MR) is 84.0 cm³/mol. The summed E-state index contributed by atoms with van der Waals surface area (Å²) in [5, 5.41) is 5.32. The summed E-state index contributed by atoms with van der Waals surface area (Å²) in [5.41, 5.74) is 2.96. The van der Waals surface area contributed by atoms with E-state index in [2.05, 4.69) is 53.1 Å². The molecule has 1 heterocycles. The van der Waals surface area contributed by atoms with Crippen LogP contribution in [0.1, 0.15) is 30.5 Å². The summed E-state index contributed by atoms with van der Waals surface area (Å²) in [5.74, 6) is 0. The van der Waals surface area contributed by atoms with Gasteiger partial charge in [-0.25, -0.2) is 4.98 Å². The molecule has 3 nitrogen and oxygen atoms in total. The largest absolute Gasteiger partial charge is 0.329 e. The molecule has 0 fully saturated rings. The lowest BCUT2D eigenvalue weighted by atomic mass is 9.87. The van der Waals surface area contributed by atoms with Crippen molar-refractivity contribution in [3.63, 3.8) is 0 Å². The van der Waals surface area contributed by atoms with Gasteiger partial charge in [-0.15, -0.1) is 0 Å². The Bertz CT molecular complexity index is 579. The lowest BCUT2D eigenvalue weighted by Crippen LogP contribution is -2.34. The van der Waals surface area contributed by atoms with Gasteiger partial charge in [0.1, 0.15) is 0 Å². The van der Waals surface area contributed by atoms with Gasteiger partial charge in [-0.3, -0.25) is 0 Å². The first-order valence-corrected chi connectivity index (χ1v) is 8.12. The van der Waals surface area contributed by atoms with E-state index in [1.807, 2.05) is 24.2 Å². The number of benzene rings is 1. The van der Waals surface area contributed by atoms with Crippen LogP contribution in [0.4, 0.5) is 0 Å². The molecule has 2 atom stereocenters. The zero-order valence-corrected chi connectivity index (χ0v) is 12.9. The van der Waals surface area contributed by atoms with E-state index in [1.54, 1.807) is 0 Å². The molecule has 0 saturated heterocycles. The van der Waals surface area contributed by atoms with Gasteiger partial charge in [0.25, 0.3) is 0 Å². The quantitative estimate of drug-likeness (QED) is 0.936. The van der Waals surface area contributed by atoms with Gasteiger partial charge >= 0.3 is 0 Å². The van der Waals surface area contributed by atoms with Crippen LogP contribution in [0.25, 0.3) is 0 Å². The smallest absolute Gasteiger partial charge is 0.168 e. The highest BCUT2D eigenvalue weighted by atomic mass is 32.2. The van der Waals surface area contributed by atoms with Gasteiger partial charge in [0.2, 0.25) is 0 Å². The zero-order valence-electron chi connectivity index (χ0n) is 12.0. The van der Waals surface area contributed by atoms with Gasteiger partial charge in [-0.05, 0) is 30.5 Å². The van der Waals surface area contributed by atoms with E-state index in [-0.39, 0.29) is 0 Å². The van der Waals surface area contributed by atoms with Crippen LogP contribution < -0.4 is 5.32 Å². The highest BCUT2D eigenvalue weighted by Crippen LogP contribution is 2.39. The molecule has 2 unspecified atom stereocenters. The molecule has 4 heteroatoms. The number of rotatable bonds is 4. The molecule has 0 aliphatic heterocycles. The lowest BCUT2D eigenvalue weighted by Gasteiger charge is -2.33. The molecule has 1 aromatic heterocycles. The highest BCUT2D eigenvalue weighted by molar-refractivity contribution is 7.99. The fraction of sp³-hybridized carbons (Fsp3) is 0.438. The fourth-order valence-electron chi connectivity index (χ4n) is 2.92. The maximum Gasteiger partial charge on any atom is 0.168 e. The normalized spacial score (nSPS) is 21.7. The van der Waals surface area contributed by atoms with Gasteiger partial charge < -0.3 is 9.88 Å². The van der Waals surface area contributed by atoms with Crippen molar-refractivity contribution in [3.05, 3.63) is 47.8 Å². The number of nitrogens with one attached hydrogen (secondary N) is 1. The van der Waals surface area contributed by atoms with Crippen molar-refractivity contribution in [1.82, 2.24) is 14.9 Å². The molecule has 2 aromatic rings. The molecule has 0 saturated carbocycles. The van der Waals surface area contributed by atoms with Gasteiger partial charge in [-0.1, -0.05) is 43.0 Å². The van der Waals surface area contributed by atoms with E-state index in [4.69, 9.17) is 0 Å². The molecule has 1 aliphatic rings. The summed E-state index contributed by atoms with van der Waals surface area (Å²) in [6.07, 6.45) is 6.26. The van der Waals surface area contributed by atoms with Crippen LogP contribution in [0.5, 0.6) is 0 Å². The minimum Gasteiger partial charge on any atom is -0.329 e. The third-order valence-corrected chi connectivity index (χ3v) is 5.33. The molecule has 0 spiro atoms. The summed E-state index contributed by atoms with van der Waals surface area (Å²) < 4.78 is 2.11. The SMILES string of the molecule is CCNC1c2ccccc2CCC1Sc1nccn1C. The van der Waals surface area contributed by atoms with E-state index < -0.39 is 0 Å². The topological polar surface area (TPSA) is 29.9 Å². The predicted octanol–water partition coefficient (Wildman–Crippen LogP) is 3.18. The van der Waals surface area contributed by atoms with Gasteiger partial charge in [0.05, 0.1) is 0 Å². The van der Waals surface area contributed by atoms with Crippen LogP contribution in [0, 0.1) is 0 Å². The van der Waals surface area contributed by atoms with Gasteiger partial charge in [-0.2, -0.15) is 0 Å². The molecule has 0 bridgehead atoms. The summed E-state index contributed by atoms with van der Waals surface area (Å²) in [7, 11) is 2.06. The number of imidazole rings is 1. The Morgan fingerprint density at radius 3 is 3.00 bits per heavy atom. The number of aryl methyl sites for hydroxylation is 2. The Kier molecular flexibility index (Phi) is 4.13.